The van der Waals surface area contributed by atoms with Crippen LogP contribution in [0.2, 0.25) is 0 Å². The van der Waals surface area contributed by atoms with Crippen molar-refractivity contribution in [3.63, 3.8) is 0 Å². The SMILES string of the molecule is CSc1nnnn1-c1cccc(NC(=O)[C@H](Cc2ccccc2)S(C)(=O)=O)c1. The highest BCUT2D eigenvalue weighted by molar-refractivity contribution is 7.98. The van der Waals surface area contributed by atoms with Gasteiger partial charge < -0.3 is 5.32 Å². The quantitative estimate of drug-likeness (QED) is 0.586. The van der Waals surface area contributed by atoms with E-state index in [0.29, 0.717) is 16.5 Å². The molecule has 0 unspecified atom stereocenters. The molecule has 8 nitrogen and oxygen atoms in total. The van der Waals surface area contributed by atoms with Gasteiger partial charge >= 0.3 is 0 Å². The van der Waals surface area contributed by atoms with Crippen molar-refractivity contribution < 1.29 is 13.2 Å². The number of thioether (sulfide) groups is 1. The van der Waals surface area contributed by atoms with E-state index >= 15 is 0 Å². The molecule has 28 heavy (non-hydrogen) atoms. The van der Waals surface area contributed by atoms with Gasteiger partial charge in [0.25, 0.3) is 0 Å². The van der Waals surface area contributed by atoms with Crippen molar-refractivity contribution in [2.45, 2.75) is 16.8 Å². The van der Waals surface area contributed by atoms with Gasteiger partial charge in [0.1, 0.15) is 5.25 Å². The minimum Gasteiger partial charge on any atom is -0.325 e. The van der Waals surface area contributed by atoms with E-state index in [0.717, 1.165) is 11.8 Å². The standard InChI is InChI=1S/C18H19N5O3S2/c1-27-18-20-21-22-23(18)15-10-6-9-14(12-15)19-17(24)16(28(2,25)26)11-13-7-4-3-5-8-13/h3-10,12,16H,11H2,1-2H3,(H,19,24)/t16-/m0/s1. The van der Waals surface area contributed by atoms with Crippen LogP contribution in [-0.4, -0.2) is 52.3 Å². The molecule has 1 N–H and O–H groups in total. The van der Waals surface area contributed by atoms with E-state index in [1.54, 1.807) is 41.1 Å². The van der Waals surface area contributed by atoms with Crippen molar-refractivity contribution in [1.82, 2.24) is 20.2 Å². The van der Waals surface area contributed by atoms with E-state index in [-0.39, 0.29) is 6.42 Å². The topological polar surface area (TPSA) is 107 Å². The summed E-state index contributed by atoms with van der Waals surface area (Å²) in [6.07, 6.45) is 3.03. The highest BCUT2D eigenvalue weighted by atomic mass is 32.2. The second-order valence-electron chi connectivity index (χ2n) is 6.12. The molecular formula is C18H19N5O3S2. The Kier molecular flexibility index (Phi) is 6.10. The normalized spacial score (nSPS) is 12.5. The summed E-state index contributed by atoms with van der Waals surface area (Å²) in [5.74, 6) is -0.578. The molecule has 0 bridgehead atoms. The molecule has 0 aliphatic rings. The molecule has 0 aliphatic heterocycles. The lowest BCUT2D eigenvalue weighted by Crippen LogP contribution is -2.36. The Morgan fingerprint density at radius 2 is 1.93 bits per heavy atom. The summed E-state index contributed by atoms with van der Waals surface area (Å²) in [4.78, 5) is 12.7. The number of nitrogens with one attached hydrogen (secondary N) is 1. The van der Waals surface area contributed by atoms with Gasteiger partial charge in [-0.2, -0.15) is 4.68 Å². The minimum absolute atomic E-state index is 0.106. The van der Waals surface area contributed by atoms with Crippen LogP contribution >= 0.6 is 11.8 Å². The average Bonchev–Trinajstić information content (AvgIpc) is 3.15. The molecule has 10 heteroatoms. The van der Waals surface area contributed by atoms with Gasteiger partial charge in [-0.05, 0) is 46.9 Å². The average molecular weight is 418 g/mol. The molecule has 2 aromatic carbocycles. The van der Waals surface area contributed by atoms with Crippen molar-refractivity contribution in [1.29, 1.82) is 0 Å². The molecule has 3 rings (SSSR count). The van der Waals surface area contributed by atoms with Gasteiger partial charge in [0, 0.05) is 11.9 Å². The largest absolute Gasteiger partial charge is 0.325 e. The first kappa shape index (κ1) is 20.0. The Hall–Kier alpha value is -2.72. The molecule has 1 atom stereocenters. The molecule has 1 heterocycles. The fraction of sp³-hybridized carbons (Fsp3) is 0.222. The van der Waals surface area contributed by atoms with Crippen LogP contribution in [-0.2, 0) is 21.1 Å². The van der Waals surface area contributed by atoms with E-state index in [1.165, 1.54) is 11.8 Å². The number of hydrogen-bond donors (Lipinski definition) is 1. The van der Waals surface area contributed by atoms with E-state index < -0.39 is 21.0 Å². The Balaban J connectivity index is 1.83. The van der Waals surface area contributed by atoms with E-state index in [4.69, 9.17) is 0 Å². The van der Waals surface area contributed by atoms with Crippen LogP contribution in [0.15, 0.2) is 59.8 Å². The summed E-state index contributed by atoms with van der Waals surface area (Å²) in [6.45, 7) is 0. The van der Waals surface area contributed by atoms with Crippen molar-refractivity contribution in [2.24, 2.45) is 0 Å². The maximum absolute atomic E-state index is 12.7. The van der Waals surface area contributed by atoms with Gasteiger partial charge in [0.2, 0.25) is 11.1 Å². The van der Waals surface area contributed by atoms with Gasteiger partial charge in [-0.25, -0.2) is 8.42 Å². The minimum atomic E-state index is -3.60. The Labute approximate surface area is 167 Å². The van der Waals surface area contributed by atoms with Gasteiger partial charge in [-0.15, -0.1) is 5.10 Å². The summed E-state index contributed by atoms with van der Waals surface area (Å²) in [6, 6.07) is 16.0. The van der Waals surface area contributed by atoms with Crippen LogP contribution in [0.4, 0.5) is 5.69 Å². The fourth-order valence-electron chi connectivity index (χ4n) is 2.67. The zero-order valence-electron chi connectivity index (χ0n) is 15.3. The number of sulfone groups is 1. The molecule has 1 aromatic heterocycles. The maximum Gasteiger partial charge on any atom is 0.243 e. The lowest BCUT2D eigenvalue weighted by Gasteiger charge is -2.16. The number of anilines is 1. The number of amides is 1. The molecule has 0 saturated heterocycles. The summed E-state index contributed by atoms with van der Waals surface area (Å²) in [7, 11) is -3.60. The fourth-order valence-corrected chi connectivity index (χ4v) is 4.05. The third-order valence-electron chi connectivity index (χ3n) is 4.05. The van der Waals surface area contributed by atoms with Crippen LogP contribution in [0, 0.1) is 0 Å². The summed E-state index contributed by atoms with van der Waals surface area (Å²) in [5, 5.41) is 13.6. The Morgan fingerprint density at radius 1 is 1.18 bits per heavy atom. The number of tetrazole rings is 1. The van der Waals surface area contributed by atoms with Gasteiger partial charge in [0.05, 0.1) is 5.69 Å². The van der Waals surface area contributed by atoms with Gasteiger partial charge in [-0.1, -0.05) is 48.2 Å². The molecule has 0 saturated carbocycles. The number of nitrogens with zero attached hydrogens (tertiary/aromatic N) is 4. The van der Waals surface area contributed by atoms with Crippen molar-refractivity contribution in [2.75, 3.05) is 17.8 Å². The lowest BCUT2D eigenvalue weighted by atomic mass is 10.1. The van der Waals surface area contributed by atoms with Crippen LogP contribution in [0.5, 0.6) is 0 Å². The van der Waals surface area contributed by atoms with Crippen molar-refractivity contribution in [3.05, 3.63) is 60.2 Å². The zero-order valence-corrected chi connectivity index (χ0v) is 16.9. The zero-order chi connectivity index (χ0) is 20.1. The van der Waals surface area contributed by atoms with Crippen molar-refractivity contribution >= 4 is 33.2 Å². The predicted octanol–water partition coefficient (Wildman–Crippen LogP) is 1.98. The lowest BCUT2D eigenvalue weighted by molar-refractivity contribution is -0.115. The number of hydrogen-bond acceptors (Lipinski definition) is 7. The summed E-state index contributed by atoms with van der Waals surface area (Å²) < 4.78 is 26.0. The molecule has 146 valence electrons. The predicted molar refractivity (Wildman–Crippen MR) is 108 cm³/mol. The summed E-state index contributed by atoms with van der Waals surface area (Å²) >= 11 is 1.39. The van der Waals surface area contributed by atoms with E-state index in [9.17, 15) is 13.2 Å². The molecule has 3 aromatic rings. The number of rotatable bonds is 7. The molecule has 0 spiro atoms. The molecule has 0 aliphatic carbocycles. The Bertz CT molecular complexity index is 1070. The van der Waals surface area contributed by atoms with Crippen LogP contribution < -0.4 is 5.32 Å². The van der Waals surface area contributed by atoms with Gasteiger partial charge in [-0.3, -0.25) is 4.79 Å². The number of aromatic nitrogens is 4. The number of benzene rings is 2. The van der Waals surface area contributed by atoms with Crippen LogP contribution in [0.25, 0.3) is 5.69 Å². The molecule has 0 fully saturated rings. The first-order chi connectivity index (χ1) is 13.4. The van der Waals surface area contributed by atoms with Crippen LogP contribution in [0.1, 0.15) is 5.56 Å². The van der Waals surface area contributed by atoms with Crippen LogP contribution in [0.3, 0.4) is 0 Å². The monoisotopic (exact) mass is 417 g/mol. The number of carbonyl (C=O) groups excluding carboxylic acids is 1. The smallest absolute Gasteiger partial charge is 0.243 e. The third-order valence-corrected chi connectivity index (χ3v) is 6.09. The first-order valence-corrected chi connectivity index (χ1v) is 11.5. The molecule has 0 radical (unpaired) electrons. The molecule has 1 amide bonds. The first-order valence-electron chi connectivity index (χ1n) is 8.35. The maximum atomic E-state index is 12.7. The number of carbonyl (C=O) groups is 1. The van der Waals surface area contributed by atoms with Crippen molar-refractivity contribution in [3.8, 4) is 5.69 Å². The van der Waals surface area contributed by atoms with Gasteiger partial charge in [0.15, 0.2) is 9.84 Å². The van der Waals surface area contributed by atoms with E-state index in [2.05, 4.69) is 20.8 Å². The second-order valence-corrected chi connectivity index (χ2v) is 9.13. The molecular weight excluding hydrogens is 398 g/mol. The van der Waals surface area contributed by atoms with E-state index in [1.807, 2.05) is 24.5 Å². The second kappa shape index (κ2) is 8.53. The highest BCUT2D eigenvalue weighted by Gasteiger charge is 2.29. The highest BCUT2D eigenvalue weighted by Crippen LogP contribution is 2.20. The summed E-state index contributed by atoms with van der Waals surface area (Å²) in [5.41, 5.74) is 1.90. The Morgan fingerprint density at radius 3 is 2.61 bits per heavy atom. The third kappa shape index (κ3) is 4.76.